The second kappa shape index (κ2) is 6.78. The van der Waals surface area contributed by atoms with Gasteiger partial charge in [0.25, 0.3) is 0 Å². The number of hydrogen-bond acceptors (Lipinski definition) is 5. The van der Waals surface area contributed by atoms with Gasteiger partial charge in [-0.25, -0.2) is 9.13 Å². The SMILES string of the molecule is C=C1CC/C=C\COP(=O)(O)OP(=O)(O)OCC1. The van der Waals surface area contributed by atoms with Crippen LogP contribution in [0.15, 0.2) is 24.3 Å². The highest BCUT2D eigenvalue weighted by atomic mass is 31.3. The smallest absolute Gasteiger partial charge is 0.302 e. The first-order chi connectivity index (χ1) is 8.31. The van der Waals surface area contributed by atoms with E-state index in [1.54, 1.807) is 6.08 Å². The molecule has 0 saturated heterocycles. The Morgan fingerprint density at radius 1 is 1.11 bits per heavy atom. The number of allylic oxidation sites excluding steroid dienone is 1. The molecule has 0 radical (unpaired) electrons. The molecule has 0 saturated carbocycles. The zero-order valence-electron chi connectivity index (χ0n) is 9.73. The van der Waals surface area contributed by atoms with Gasteiger partial charge in [0.2, 0.25) is 0 Å². The fraction of sp³-hybridized carbons (Fsp3) is 0.556. The predicted octanol–water partition coefficient (Wildman–Crippen LogP) is 2.53. The van der Waals surface area contributed by atoms with Crippen molar-refractivity contribution < 1.29 is 32.3 Å². The molecule has 2 N–H and O–H groups in total. The van der Waals surface area contributed by atoms with Crippen LogP contribution in [0.1, 0.15) is 19.3 Å². The zero-order chi connectivity index (χ0) is 13.6. The monoisotopic (exact) mass is 298 g/mol. The second-order valence-electron chi connectivity index (χ2n) is 3.66. The van der Waals surface area contributed by atoms with Crippen molar-refractivity contribution in [2.24, 2.45) is 0 Å². The van der Waals surface area contributed by atoms with Gasteiger partial charge in [-0.3, -0.25) is 9.05 Å². The van der Waals surface area contributed by atoms with Gasteiger partial charge in [0.1, 0.15) is 0 Å². The summed E-state index contributed by atoms with van der Waals surface area (Å²) in [5, 5.41) is 0. The minimum Gasteiger partial charge on any atom is -0.302 e. The first-order valence-electron chi connectivity index (χ1n) is 5.28. The van der Waals surface area contributed by atoms with Crippen molar-refractivity contribution in [3.05, 3.63) is 24.3 Å². The third kappa shape index (κ3) is 6.61. The first-order valence-corrected chi connectivity index (χ1v) is 8.27. The lowest BCUT2D eigenvalue weighted by molar-refractivity contribution is 0.163. The van der Waals surface area contributed by atoms with Crippen molar-refractivity contribution in [1.82, 2.24) is 0 Å². The van der Waals surface area contributed by atoms with Crippen molar-refractivity contribution >= 4 is 15.6 Å². The van der Waals surface area contributed by atoms with E-state index in [1.807, 2.05) is 0 Å². The van der Waals surface area contributed by atoms with E-state index in [2.05, 4.69) is 19.9 Å². The lowest BCUT2D eigenvalue weighted by Crippen LogP contribution is -1.99. The molecule has 2 atom stereocenters. The first kappa shape index (κ1) is 15.8. The molecule has 0 aliphatic carbocycles. The standard InChI is InChI=1S/C9H16O7P2/c1-9-5-3-2-4-7-14-17(10,11)16-18(12,13)15-8-6-9/h2,4H,1,3,5-8H2,(H,10,11)(H,12,13)/b4-2-. The Bertz CT molecular complexity index is 417. The molecule has 18 heavy (non-hydrogen) atoms. The summed E-state index contributed by atoms with van der Waals surface area (Å²) in [5.74, 6) is 0. The Balaban J connectivity index is 2.71. The molecule has 0 aromatic rings. The predicted molar refractivity (Wildman–Crippen MR) is 64.8 cm³/mol. The van der Waals surface area contributed by atoms with E-state index in [1.165, 1.54) is 6.08 Å². The molecule has 0 fully saturated rings. The molecule has 0 spiro atoms. The van der Waals surface area contributed by atoms with Gasteiger partial charge in [0, 0.05) is 0 Å². The van der Waals surface area contributed by atoms with Crippen molar-refractivity contribution in [2.75, 3.05) is 13.2 Å². The average Bonchev–Trinajstić information content (AvgIpc) is 2.20. The highest BCUT2D eigenvalue weighted by molar-refractivity contribution is 7.61. The van der Waals surface area contributed by atoms with Crippen molar-refractivity contribution in [3.8, 4) is 0 Å². The summed E-state index contributed by atoms with van der Waals surface area (Å²) in [6.45, 7) is 3.47. The molecule has 0 aromatic heterocycles. The van der Waals surface area contributed by atoms with E-state index in [-0.39, 0.29) is 13.2 Å². The molecule has 0 aromatic carbocycles. The number of phosphoric ester groups is 2. The molecule has 1 rings (SSSR count). The van der Waals surface area contributed by atoms with Gasteiger partial charge in [-0.15, -0.1) is 0 Å². The van der Waals surface area contributed by atoms with E-state index in [4.69, 9.17) is 4.89 Å². The molecular weight excluding hydrogens is 282 g/mol. The minimum absolute atomic E-state index is 0.115. The molecule has 2 unspecified atom stereocenters. The van der Waals surface area contributed by atoms with E-state index >= 15 is 0 Å². The lowest BCUT2D eigenvalue weighted by atomic mass is 10.1. The quantitative estimate of drug-likeness (QED) is 0.523. The van der Waals surface area contributed by atoms with E-state index < -0.39 is 15.6 Å². The minimum atomic E-state index is -4.60. The molecule has 9 heteroatoms. The summed E-state index contributed by atoms with van der Waals surface area (Å²) in [6.07, 6.45) is 5.07. The van der Waals surface area contributed by atoms with Gasteiger partial charge in [-0.2, -0.15) is 4.31 Å². The maximum Gasteiger partial charge on any atom is 0.481 e. The van der Waals surface area contributed by atoms with Gasteiger partial charge in [-0.1, -0.05) is 24.3 Å². The van der Waals surface area contributed by atoms with Crippen LogP contribution in [0.4, 0.5) is 0 Å². The molecule has 104 valence electrons. The maximum atomic E-state index is 11.3. The second-order valence-corrected chi connectivity index (χ2v) is 6.70. The van der Waals surface area contributed by atoms with Gasteiger partial charge in [0.05, 0.1) is 13.2 Å². The van der Waals surface area contributed by atoms with Crippen LogP contribution in [0.2, 0.25) is 0 Å². The van der Waals surface area contributed by atoms with Gasteiger partial charge in [0.15, 0.2) is 0 Å². The Hall–Kier alpha value is -0.260. The number of hydrogen-bond donors (Lipinski definition) is 2. The molecule has 0 amide bonds. The molecule has 1 heterocycles. The van der Waals surface area contributed by atoms with Crippen molar-refractivity contribution in [1.29, 1.82) is 0 Å². The van der Waals surface area contributed by atoms with Crippen molar-refractivity contribution in [3.63, 3.8) is 0 Å². The largest absolute Gasteiger partial charge is 0.481 e. The molecule has 1 aliphatic heterocycles. The Labute approximate surface area is 105 Å². The topological polar surface area (TPSA) is 102 Å². The lowest BCUT2D eigenvalue weighted by Gasteiger charge is -2.15. The molecule has 7 nitrogen and oxygen atoms in total. The van der Waals surface area contributed by atoms with Crippen LogP contribution >= 0.6 is 15.6 Å². The third-order valence-corrected chi connectivity index (χ3v) is 4.72. The van der Waals surface area contributed by atoms with Crippen LogP contribution in [-0.4, -0.2) is 23.0 Å². The number of phosphoric acid groups is 2. The average molecular weight is 298 g/mol. The van der Waals surface area contributed by atoms with Crippen LogP contribution in [0.25, 0.3) is 0 Å². The Morgan fingerprint density at radius 2 is 1.78 bits per heavy atom. The Kier molecular flexibility index (Phi) is 5.95. The van der Waals surface area contributed by atoms with Crippen LogP contribution in [0.5, 0.6) is 0 Å². The van der Waals surface area contributed by atoms with Gasteiger partial charge >= 0.3 is 15.6 Å². The summed E-state index contributed by atoms with van der Waals surface area (Å²) in [7, 11) is -9.20. The fourth-order valence-electron chi connectivity index (χ4n) is 1.22. The highest BCUT2D eigenvalue weighted by Crippen LogP contribution is 2.60. The fourth-order valence-corrected chi connectivity index (χ4v) is 3.24. The van der Waals surface area contributed by atoms with Crippen molar-refractivity contribution in [2.45, 2.75) is 19.3 Å². The Morgan fingerprint density at radius 3 is 2.50 bits per heavy atom. The van der Waals surface area contributed by atoms with Crippen LogP contribution < -0.4 is 0 Å². The zero-order valence-corrected chi connectivity index (χ0v) is 11.5. The van der Waals surface area contributed by atoms with E-state index in [0.717, 1.165) is 5.57 Å². The summed E-state index contributed by atoms with van der Waals surface area (Å²) in [6, 6.07) is 0. The summed E-state index contributed by atoms with van der Waals surface area (Å²) in [5.41, 5.74) is 0.854. The van der Waals surface area contributed by atoms with Gasteiger partial charge < -0.3 is 9.79 Å². The maximum absolute atomic E-state index is 11.3. The molecule has 0 bridgehead atoms. The third-order valence-electron chi connectivity index (χ3n) is 2.08. The summed E-state index contributed by atoms with van der Waals surface area (Å²) < 4.78 is 35.7. The highest BCUT2D eigenvalue weighted by Gasteiger charge is 2.34. The van der Waals surface area contributed by atoms with E-state index in [0.29, 0.717) is 19.3 Å². The normalized spacial score (nSPS) is 38.2. The summed E-state index contributed by atoms with van der Waals surface area (Å²) >= 11 is 0. The summed E-state index contributed by atoms with van der Waals surface area (Å²) in [4.78, 5) is 18.4. The van der Waals surface area contributed by atoms with Crippen LogP contribution in [0.3, 0.4) is 0 Å². The van der Waals surface area contributed by atoms with Gasteiger partial charge in [-0.05, 0) is 19.3 Å². The number of rotatable bonds is 0. The molecular formula is C9H16O7P2. The molecule has 1 aliphatic rings. The van der Waals surface area contributed by atoms with E-state index in [9.17, 15) is 14.0 Å². The van der Waals surface area contributed by atoms with Crippen LogP contribution in [-0.2, 0) is 22.5 Å². The van der Waals surface area contributed by atoms with Crippen LogP contribution in [0, 0.1) is 0 Å².